The second-order valence-corrected chi connectivity index (χ2v) is 5.06. The Morgan fingerprint density at radius 1 is 1.04 bits per heavy atom. The predicted octanol–water partition coefficient (Wildman–Crippen LogP) is 3.01. The van der Waals surface area contributed by atoms with Crippen molar-refractivity contribution >= 4 is 17.6 Å². The van der Waals surface area contributed by atoms with Crippen LogP contribution >= 0.6 is 0 Å². The SMILES string of the molecule is NCC(=O)c1cccc(NC(=O)OCCCc2ccccc2)c1. The first-order chi connectivity index (χ1) is 11.2. The molecule has 0 fully saturated rings. The second kappa shape index (κ2) is 8.70. The van der Waals surface area contributed by atoms with E-state index in [-0.39, 0.29) is 12.3 Å². The Hall–Kier alpha value is -2.66. The van der Waals surface area contributed by atoms with E-state index in [2.05, 4.69) is 5.32 Å². The molecule has 0 heterocycles. The number of rotatable bonds is 7. The third-order valence-corrected chi connectivity index (χ3v) is 3.30. The number of aryl methyl sites for hydroxylation is 1. The van der Waals surface area contributed by atoms with Crippen molar-refractivity contribution in [3.63, 3.8) is 0 Å². The molecule has 2 rings (SSSR count). The van der Waals surface area contributed by atoms with Crippen molar-refractivity contribution in [1.82, 2.24) is 0 Å². The van der Waals surface area contributed by atoms with E-state index in [9.17, 15) is 9.59 Å². The van der Waals surface area contributed by atoms with Crippen LogP contribution in [0.5, 0.6) is 0 Å². The Kier molecular flexibility index (Phi) is 6.32. The fraction of sp³-hybridized carbons (Fsp3) is 0.222. The molecule has 0 aliphatic carbocycles. The molecule has 0 bridgehead atoms. The average molecular weight is 312 g/mol. The molecular formula is C18H20N2O3. The van der Waals surface area contributed by atoms with Gasteiger partial charge in [0.15, 0.2) is 5.78 Å². The van der Waals surface area contributed by atoms with Crippen molar-refractivity contribution in [2.24, 2.45) is 5.73 Å². The quantitative estimate of drug-likeness (QED) is 0.608. The van der Waals surface area contributed by atoms with Crippen molar-refractivity contribution < 1.29 is 14.3 Å². The molecule has 0 saturated carbocycles. The largest absolute Gasteiger partial charge is 0.449 e. The van der Waals surface area contributed by atoms with Gasteiger partial charge in [0.05, 0.1) is 13.2 Å². The van der Waals surface area contributed by atoms with E-state index in [1.807, 2.05) is 30.3 Å². The second-order valence-electron chi connectivity index (χ2n) is 5.06. The molecule has 5 nitrogen and oxygen atoms in total. The number of Topliss-reactive ketones (excluding diaryl/α,β-unsaturated/α-hetero) is 1. The normalized spacial score (nSPS) is 10.1. The zero-order chi connectivity index (χ0) is 16.5. The highest BCUT2D eigenvalue weighted by atomic mass is 16.5. The number of carbonyl (C=O) groups excluding carboxylic acids is 2. The average Bonchev–Trinajstić information content (AvgIpc) is 2.59. The summed E-state index contributed by atoms with van der Waals surface area (Å²) in [7, 11) is 0. The van der Waals surface area contributed by atoms with Gasteiger partial charge in [-0.05, 0) is 30.5 Å². The lowest BCUT2D eigenvalue weighted by Crippen LogP contribution is -2.16. The molecule has 2 aromatic carbocycles. The van der Waals surface area contributed by atoms with E-state index < -0.39 is 6.09 Å². The van der Waals surface area contributed by atoms with Crippen molar-refractivity contribution in [1.29, 1.82) is 0 Å². The van der Waals surface area contributed by atoms with Crippen molar-refractivity contribution in [3.8, 4) is 0 Å². The summed E-state index contributed by atoms with van der Waals surface area (Å²) < 4.78 is 5.13. The summed E-state index contributed by atoms with van der Waals surface area (Å²) in [6.07, 6.45) is 1.08. The Morgan fingerprint density at radius 3 is 2.57 bits per heavy atom. The van der Waals surface area contributed by atoms with E-state index in [4.69, 9.17) is 10.5 Å². The Balaban J connectivity index is 1.75. The van der Waals surface area contributed by atoms with Crippen LogP contribution in [-0.4, -0.2) is 25.0 Å². The predicted molar refractivity (Wildman–Crippen MR) is 89.6 cm³/mol. The summed E-state index contributed by atoms with van der Waals surface area (Å²) in [6, 6.07) is 16.6. The minimum atomic E-state index is -0.532. The first-order valence-corrected chi connectivity index (χ1v) is 7.50. The van der Waals surface area contributed by atoms with Crippen LogP contribution in [0.1, 0.15) is 22.3 Å². The zero-order valence-electron chi connectivity index (χ0n) is 12.8. The first-order valence-electron chi connectivity index (χ1n) is 7.50. The standard InChI is InChI=1S/C18H20N2O3/c19-13-17(21)15-9-4-10-16(12-15)20-18(22)23-11-5-8-14-6-2-1-3-7-14/h1-4,6-7,9-10,12H,5,8,11,13,19H2,(H,20,22). The fourth-order valence-corrected chi connectivity index (χ4v) is 2.13. The maximum absolute atomic E-state index is 11.7. The molecule has 5 heteroatoms. The summed E-state index contributed by atoms with van der Waals surface area (Å²) in [6.45, 7) is 0.273. The van der Waals surface area contributed by atoms with Gasteiger partial charge in [0.2, 0.25) is 0 Å². The van der Waals surface area contributed by atoms with Gasteiger partial charge in [-0.3, -0.25) is 10.1 Å². The Morgan fingerprint density at radius 2 is 1.83 bits per heavy atom. The molecule has 0 spiro atoms. The van der Waals surface area contributed by atoms with E-state index in [1.165, 1.54) is 5.56 Å². The highest BCUT2D eigenvalue weighted by Crippen LogP contribution is 2.11. The molecule has 0 radical (unpaired) electrons. The number of benzene rings is 2. The fourth-order valence-electron chi connectivity index (χ4n) is 2.13. The van der Waals surface area contributed by atoms with Crippen LogP contribution in [0.3, 0.4) is 0 Å². The first kappa shape index (κ1) is 16.7. The van der Waals surface area contributed by atoms with Crippen LogP contribution in [0, 0.1) is 0 Å². The number of anilines is 1. The lowest BCUT2D eigenvalue weighted by Gasteiger charge is -2.08. The number of hydrogen-bond donors (Lipinski definition) is 2. The molecule has 1 amide bonds. The molecule has 3 N–H and O–H groups in total. The molecule has 23 heavy (non-hydrogen) atoms. The van der Waals surface area contributed by atoms with Gasteiger partial charge in [-0.2, -0.15) is 0 Å². The van der Waals surface area contributed by atoms with Crippen molar-refractivity contribution in [2.45, 2.75) is 12.8 Å². The van der Waals surface area contributed by atoms with Crippen LogP contribution in [0.25, 0.3) is 0 Å². The number of ether oxygens (including phenoxy) is 1. The van der Waals surface area contributed by atoms with Crippen molar-refractivity contribution in [2.75, 3.05) is 18.5 Å². The lowest BCUT2D eigenvalue weighted by atomic mass is 10.1. The number of carbonyl (C=O) groups is 2. The topological polar surface area (TPSA) is 81.4 Å². The number of nitrogens with one attached hydrogen (secondary N) is 1. The lowest BCUT2D eigenvalue weighted by molar-refractivity contribution is 0.100. The summed E-state index contributed by atoms with van der Waals surface area (Å²) in [5.41, 5.74) is 7.51. The molecule has 120 valence electrons. The van der Waals surface area contributed by atoms with Gasteiger partial charge in [0, 0.05) is 11.3 Å². The summed E-state index contributed by atoms with van der Waals surface area (Å²) in [4.78, 5) is 23.3. The summed E-state index contributed by atoms with van der Waals surface area (Å²) >= 11 is 0. The summed E-state index contributed by atoms with van der Waals surface area (Å²) in [5.74, 6) is -0.176. The highest BCUT2D eigenvalue weighted by molar-refractivity contribution is 5.99. The molecule has 0 aliphatic rings. The van der Waals surface area contributed by atoms with Gasteiger partial charge in [0.1, 0.15) is 0 Å². The van der Waals surface area contributed by atoms with E-state index in [0.717, 1.165) is 12.8 Å². The third kappa shape index (κ3) is 5.56. The van der Waals surface area contributed by atoms with Gasteiger partial charge in [-0.1, -0.05) is 42.5 Å². The molecule has 0 unspecified atom stereocenters. The van der Waals surface area contributed by atoms with E-state index in [1.54, 1.807) is 24.3 Å². The van der Waals surface area contributed by atoms with Gasteiger partial charge >= 0.3 is 6.09 Å². The van der Waals surface area contributed by atoms with Gasteiger partial charge in [-0.25, -0.2) is 4.79 Å². The summed E-state index contributed by atoms with van der Waals surface area (Å²) in [5, 5.41) is 2.61. The molecule has 0 atom stereocenters. The number of ketones is 1. The van der Waals surface area contributed by atoms with E-state index >= 15 is 0 Å². The van der Waals surface area contributed by atoms with Crippen LogP contribution < -0.4 is 11.1 Å². The van der Waals surface area contributed by atoms with Crippen LogP contribution in [0.4, 0.5) is 10.5 Å². The Labute approximate surface area is 135 Å². The maximum atomic E-state index is 11.7. The maximum Gasteiger partial charge on any atom is 0.411 e. The molecule has 0 aliphatic heterocycles. The Bertz CT molecular complexity index is 656. The van der Waals surface area contributed by atoms with Crippen molar-refractivity contribution in [3.05, 3.63) is 65.7 Å². The van der Waals surface area contributed by atoms with Crippen LogP contribution in [0.15, 0.2) is 54.6 Å². The van der Waals surface area contributed by atoms with Gasteiger partial charge in [-0.15, -0.1) is 0 Å². The zero-order valence-corrected chi connectivity index (χ0v) is 12.8. The highest BCUT2D eigenvalue weighted by Gasteiger charge is 2.07. The smallest absolute Gasteiger partial charge is 0.411 e. The molecule has 0 saturated heterocycles. The molecular weight excluding hydrogens is 292 g/mol. The number of nitrogens with two attached hydrogens (primary N) is 1. The molecule has 2 aromatic rings. The third-order valence-electron chi connectivity index (χ3n) is 3.30. The minimum Gasteiger partial charge on any atom is -0.449 e. The van der Waals surface area contributed by atoms with Crippen LogP contribution in [0.2, 0.25) is 0 Å². The number of amides is 1. The minimum absolute atomic E-state index is 0.0621. The van der Waals surface area contributed by atoms with Gasteiger partial charge in [0.25, 0.3) is 0 Å². The van der Waals surface area contributed by atoms with Gasteiger partial charge < -0.3 is 10.5 Å². The number of hydrogen-bond acceptors (Lipinski definition) is 4. The van der Waals surface area contributed by atoms with Crippen LogP contribution in [-0.2, 0) is 11.2 Å². The van der Waals surface area contributed by atoms with E-state index in [0.29, 0.717) is 17.9 Å². The molecule has 0 aromatic heterocycles. The monoisotopic (exact) mass is 312 g/mol.